The number of carbonyl (C=O) groups excluding carboxylic acids is 1. The molecular formula is C11H24N2OS. The second-order valence-corrected chi connectivity index (χ2v) is 4.04. The van der Waals surface area contributed by atoms with E-state index in [1.807, 2.05) is 0 Å². The normalized spacial score (nSPS) is 10.7. The molecule has 90 valence electrons. The van der Waals surface area contributed by atoms with Crippen molar-refractivity contribution in [2.45, 2.75) is 33.1 Å². The van der Waals surface area contributed by atoms with Gasteiger partial charge >= 0.3 is 0 Å². The molecule has 15 heavy (non-hydrogen) atoms. The second kappa shape index (κ2) is 10.3. The van der Waals surface area contributed by atoms with Gasteiger partial charge < -0.3 is 5.32 Å². The van der Waals surface area contributed by atoms with Gasteiger partial charge in [-0.3, -0.25) is 9.69 Å². The number of carbonyl (C=O) groups is 1. The fraction of sp³-hybridized carbons (Fsp3) is 0.909. The van der Waals surface area contributed by atoms with Gasteiger partial charge in [0, 0.05) is 6.54 Å². The van der Waals surface area contributed by atoms with Crippen molar-refractivity contribution in [3.8, 4) is 0 Å². The Morgan fingerprint density at radius 3 is 2.40 bits per heavy atom. The lowest BCUT2D eigenvalue weighted by Crippen LogP contribution is -2.37. The Balaban J connectivity index is 3.40. The Morgan fingerprint density at radius 1 is 1.20 bits per heavy atom. The molecule has 0 rings (SSSR count). The first-order chi connectivity index (χ1) is 7.24. The summed E-state index contributed by atoms with van der Waals surface area (Å²) in [5.74, 6) is 1.08. The van der Waals surface area contributed by atoms with Crippen LogP contribution in [0.5, 0.6) is 0 Å². The molecule has 4 heteroatoms. The fourth-order valence-corrected chi connectivity index (χ4v) is 1.57. The molecule has 0 aromatic rings. The number of unbranched alkanes of at least 4 members (excludes halogenated alkanes) is 2. The van der Waals surface area contributed by atoms with E-state index in [9.17, 15) is 4.79 Å². The summed E-state index contributed by atoms with van der Waals surface area (Å²) in [4.78, 5) is 13.6. The maximum Gasteiger partial charge on any atom is 0.234 e. The standard InChI is InChI=1S/C11H24N2OS/c1-3-13(4-2)10-11(14)12-8-6-5-7-9-15/h15H,3-10H2,1-2H3,(H,12,14). The molecule has 0 spiro atoms. The van der Waals surface area contributed by atoms with Crippen molar-refractivity contribution in [1.29, 1.82) is 0 Å². The van der Waals surface area contributed by atoms with Gasteiger partial charge in [0.1, 0.15) is 0 Å². The molecule has 0 aromatic heterocycles. The first kappa shape index (κ1) is 14.8. The van der Waals surface area contributed by atoms with E-state index in [1.54, 1.807) is 0 Å². The third-order valence-corrected chi connectivity index (χ3v) is 2.73. The number of amides is 1. The van der Waals surface area contributed by atoms with Crippen LogP contribution < -0.4 is 5.32 Å². The van der Waals surface area contributed by atoms with Crippen molar-refractivity contribution < 1.29 is 4.79 Å². The zero-order chi connectivity index (χ0) is 11.5. The van der Waals surface area contributed by atoms with Gasteiger partial charge in [0.25, 0.3) is 0 Å². The summed E-state index contributed by atoms with van der Waals surface area (Å²) in [7, 11) is 0. The highest BCUT2D eigenvalue weighted by molar-refractivity contribution is 7.80. The average molecular weight is 232 g/mol. The molecule has 0 aromatic carbocycles. The third kappa shape index (κ3) is 8.75. The van der Waals surface area contributed by atoms with Gasteiger partial charge in [0.2, 0.25) is 5.91 Å². The lowest BCUT2D eigenvalue weighted by atomic mass is 10.2. The topological polar surface area (TPSA) is 32.3 Å². The monoisotopic (exact) mass is 232 g/mol. The zero-order valence-electron chi connectivity index (χ0n) is 9.96. The summed E-state index contributed by atoms with van der Waals surface area (Å²) in [5.41, 5.74) is 0. The van der Waals surface area contributed by atoms with Gasteiger partial charge in [0.15, 0.2) is 0 Å². The highest BCUT2D eigenvalue weighted by Gasteiger charge is 2.05. The number of nitrogens with zero attached hydrogens (tertiary/aromatic N) is 1. The van der Waals surface area contributed by atoms with Gasteiger partial charge in [-0.25, -0.2) is 0 Å². The largest absolute Gasteiger partial charge is 0.355 e. The molecule has 0 aliphatic carbocycles. The molecule has 0 aliphatic rings. The van der Waals surface area contributed by atoms with Crippen LogP contribution in [0.2, 0.25) is 0 Å². The molecule has 1 amide bonds. The summed E-state index contributed by atoms with van der Waals surface area (Å²) < 4.78 is 0. The lowest BCUT2D eigenvalue weighted by molar-refractivity contribution is -0.122. The summed E-state index contributed by atoms with van der Waals surface area (Å²) in [6.45, 7) is 7.34. The first-order valence-electron chi connectivity index (χ1n) is 5.84. The van der Waals surface area contributed by atoms with E-state index in [0.29, 0.717) is 6.54 Å². The molecule has 0 radical (unpaired) electrons. The number of thiol groups is 1. The van der Waals surface area contributed by atoms with Crippen LogP contribution in [-0.2, 0) is 4.79 Å². The molecule has 0 unspecified atom stereocenters. The van der Waals surface area contributed by atoms with Crippen molar-refractivity contribution in [3.05, 3.63) is 0 Å². The molecule has 1 N–H and O–H groups in total. The molecule has 0 heterocycles. The number of rotatable bonds is 9. The molecular weight excluding hydrogens is 208 g/mol. The second-order valence-electron chi connectivity index (χ2n) is 3.60. The minimum atomic E-state index is 0.143. The minimum Gasteiger partial charge on any atom is -0.355 e. The van der Waals surface area contributed by atoms with E-state index < -0.39 is 0 Å². The van der Waals surface area contributed by atoms with Crippen LogP contribution in [0.15, 0.2) is 0 Å². The Bertz CT molecular complexity index is 161. The number of nitrogens with one attached hydrogen (secondary N) is 1. The van der Waals surface area contributed by atoms with E-state index in [0.717, 1.165) is 44.6 Å². The van der Waals surface area contributed by atoms with Gasteiger partial charge in [-0.1, -0.05) is 20.3 Å². The number of likely N-dealkylation sites (N-methyl/N-ethyl adjacent to an activating group) is 1. The molecule has 0 bridgehead atoms. The highest BCUT2D eigenvalue weighted by atomic mass is 32.1. The van der Waals surface area contributed by atoms with Crippen LogP contribution >= 0.6 is 12.6 Å². The SMILES string of the molecule is CCN(CC)CC(=O)NCCCCCS. The maximum absolute atomic E-state index is 11.4. The number of hydrogen-bond donors (Lipinski definition) is 2. The van der Waals surface area contributed by atoms with Crippen LogP contribution in [0.25, 0.3) is 0 Å². The van der Waals surface area contributed by atoms with E-state index in [4.69, 9.17) is 0 Å². The van der Waals surface area contributed by atoms with Crippen LogP contribution in [0.3, 0.4) is 0 Å². The van der Waals surface area contributed by atoms with Crippen molar-refractivity contribution in [3.63, 3.8) is 0 Å². The summed E-state index contributed by atoms with van der Waals surface area (Å²) >= 11 is 4.14. The van der Waals surface area contributed by atoms with E-state index in [1.165, 1.54) is 0 Å². The van der Waals surface area contributed by atoms with Gasteiger partial charge in [0.05, 0.1) is 6.54 Å². The predicted octanol–water partition coefficient (Wildman–Crippen LogP) is 1.54. The van der Waals surface area contributed by atoms with Crippen molar-refractivity contribution in [1.82, 2.24) is 10.2 Å². The number of hydrogen-bond acceptors (Lipinski definition) is 3. The highest BCUT2D eigenvalue weighted by Crippen LogP contribution is 1.95. The Hall–Kier alpha value is -0.220. The van der Waals surface area contributed by atoms with Crippen LogP contribution in [0, 0.1) is 0 Å². The lowest BCUT2D eigenvalue weighted by Gasteiger charge is -2.17. The molecule has 0 fully saturated rings. The van der Waals surface area contributed by atoms with Crippen LogP contribution in [0.4, 0.5) is 0 Å². The molecule has 0 aliphatic heterocycles. The molecule has 0 saturated heterocycles. The molecule has 3 nitrogen and oxygen atoms in total. The van der Waals surface area contributed by atoms with Crippen LogP contribution in [-0.4, -0.2) is 42.7 Å². The van der Waals surface area contributed by atoms with Gasteiger partial charge in [-0.15, -0.1) is 0 Å². The first-order valence-corrected chi connectivity index (χ1v) is 6.47. The van der Waals surface area contributed by atoms with E-state index in [2.05, 4.69) is 36.7 Å². The quantitative estimate of drug-likeness (QED) is 0.467. The van der Waals surface area contributed by atoms with E-state index >= 15 is 0 Å². The third-order valence-electron chi connectivity index (χ3n) is 2.42. The smallest absolute Gasteiger partial charge is 0.234 e. The summed E-state index contributed by atoms with van der Waals surface area (Å²) in [6, 6.07) is 0. The Labute approximate surface area is 99.0 Å². The Morgan fingerprint density at radius 2 is 1.87 bits per heavy atom. The van der Waals surface area contributed by atoms with Crippen molar-refractivity contribution >= 4 is 18.5 Å². The summed E-state index contributed by atoms with van der Waals surface area (Å²) in [5, 5.41) is 2.94. The van der Waals surface area contributed by atoms with Crippen molar-refractivity contribution in [2.24, 2.45) is 0 Å². The molecule has 0 saturated carbocycles. The maximum atomic E-state index is 11.4. The predicted molar refractivity (Wildman–Crippen MR) is 68.5 cm³/mol. The van der Waals surface area contributed by atoms with Gasteiger partial charge in [-0.2, -0.15) is 12.6 Å². The van der Waals surface area contributed by atoms with Crippen molar-refractivity contribution in [2.75, 3.05) is 31.9 Å². The van der Waals surface area contributed by atoms with Crippen LogP contribution in [0.1, 0.15) is 33.1 Å². The fourth-order valence-electron chi connectivity index (χ4n) is 1.35. The Kier molecular flexibility index (Phi) is 10.2. The molecule has 0 atom stereocenters. The minimum absolute atomic E-state index is 0.143. The average Bonchev–Trinajstić information content (AvgIpc) is 2.25. The zero-order valence-corrected chi connectivity index (χ0v) is 10.9. The van der Waals surface area contributed by atoms with E-state index in [-0.39, 0.29) is 5.91 Å². The summed E-state index contributed by atoms with van der Waals surface area (Å²) in [6.07, 6.45) is 3.34. The van der Waals surface area contributed by atoms with Gasteiger partial charge in [-0.05, 0) is 31.7 Å².